The van der Waals surface area contributed by atoms with Crippen molar-refractivity contribution in [2.45, 2.75) is 13.5 Å². The molecule has 134 valence electrons. The Kier molecular flexibility index (Phi) is 5.66. The average molecular weight is 428 g/mol. The summed E-state index contributed by atoms with van der Waals surface area (Å²) in [4.78, 5) is 16.7. The third kappa shape index (κ3) is 3.99. The Morgan fingerprint density at radius 2 is 2.08 bits per heavy atom. The van der Waals surface area contributed by atoms with Gasteiger partial charge in [-0.1, -0.05) is 11.6 Å². The molecule has 1 saturated heterocycles. The molecule has 1 N–H and O–H groups in total. The molecule has 0 saturated carbocycles. The lowest BCUT2D eigenvalue weighted by Gasteiger charge is -2.34. The van der Waals surface area contributed by atoms with Gasteiger partial charge in [-0.15, -0.1) is 0 Å². The van der Waals surface area contributed by atoms with E-state index in [1.807, 2.05) is 30.0 Å². The highest BCUT2D eigenvalue weighted by atomic mass is 79.9. The molecule has 0 aliphatic carbocycles. The van der Waals surface area contributed by atoms with Gasteiger partial charge in [-0.3, -0.25) is 14.8 Å². The van der Waals surface area contributed by atoms with Crippen molar-refractivity contribution in [1.29, 1.82) is 0 Å². The van der Waals surface area contributed by atoms with Crippen LogP contribution in [-0.2, 0) is 6.54 Å². The van der Waals surface area contributed by atoms with Crippen LogP contribution in [0, 0.1) is 6.92 Å². The number of carbonyl (C=O) groups excluding carboxylic acids is 1. The fourth-order valence-electron chi connectivity index (χ4n) is 2.93. The van der Waals surface area contributed by atoms with E-state index in [0.717, 1.165) is 41.1 Å². The summed E-state index contributed by atoms with van der Waals surface area (Å²) in [6.45, 7) is 5.55. The topological polar surface area (TPSA) is 61.5 Å². The molecule has 0 spiro atoms. The Hall–Kier alpha value is -1.57. The molecule has 2 aromatic rings. The molecule has 1 fully saturated rings. The van der Waals surface area contributed by atoms with Gasteiger partial charge in [0.15, 0.2) is 5.69 Å². The van der Waals surface area contributed by atoms with Crippen LogP contribution < -0.4 is 4.74 Å². The van der Waals surface area contributed by atoms with Crippen LogP contribution in [0.1, 0.15) is 21.7 Å². The largest absolute Gasteiger partial charge is 0.496 e. The van der Waals surface area contributed by atoms with Gasteiger partial charge in [-0.05, 0) is 41.1 Å². The quantitative estimate of drug-likeness (QED) is 0.814. The summed E-state index contributed by atoms with van der Waals surface area (Å²) in [7, 11) is 1.66. The van der Waals surface area contributed by atoms with Crippen molar-refractivity contribution in [2.24, 2.45) is 0 Å². The van der Waals surface area contributed by atoms with E-state index >= 15 is 0 Å². The van der Waals surface area contributed by atoms with Crippen LogP contribution in [0.3, 0.4) is 0 Å². The van der Waals surface area contributed by atoms with Gasteiger partial charge in [0.1, 0.15) is 5.75 Å². The maximum absolute atomic E-state index is 12.6. The third-order valence-electron chi connectivity index (χ3n) is 4.37. The molecule has 2 heterocycles. The molecule has 0 atom stereocenters. The molecule has 0 unspecified atom stereocenters. The molecule has 6 nitrogen and oxygen atoms in total. The number of hydrogen-bond donors (Lipinski definition) is 1. The molecular weight excluding hydrogens is 408 g/mol. The van der Waals surface area contributed by atoms with Gasteiger partial charge < -0.3 is 9.64 Å². The molecule has 8 heteroatoms. The standard InChI is InChI=1S/C17H20BrClN4O2/c1-11-15(18)16(21-20-11)17(24)23-7-5-22(6-8-23)10-12-9-13(19)3-4-14(12)25-2/h3-4,9H,5-8,10H2,1-2H3,(H,20,21). The van der Waals surface area contributed by atoms with Crippen molar-refractivity contribution in [3.05, 3.63) is 44.6 Å². The van der Waals surface area contributed by atoms with Crippen LogP contribution in [-0.4, -0.2) is 59.2 Å². The third-order valence-corrected chi connectivity index (χ3v) is 5.58. The first-order chi connectivity index (χ1) is 12.0. The molecule has 1 aromatic carbocycles. The summed E-state index contributed by atoms with van der Waals surface area (Å²) in [5, 5.41) is 7.63. The number of amides is 1. The van der Waals surface area contributed by atoms with Crippen LogP contribution in [0.4, 0.5) is 0 Å². The molecule has 1 aliphatic heterocycles. The van der Waals surface area contributed by atoms with Gasteiger partial charge in [0, 0.05) is 49.0 Å². The highest BCUT2D eigenvalue weighted by molar-refractivity contribution is 9.10. The van der Waals surface area contributed by atoms with Crippen molar-refractivity contribution in [1.82, 2.24) is 20.0 Å². The SMILES string of the molecule is COc1ccc(Cl)cc1CN1CCN(C(=O)c2n[nH]c(C)c2Br)CC1. The number of benzene rings is 1. The number of aromatic amines is 1. The number of rotatable bonds is 4. The zero-order valence-corrected chi connectivity index (χ0v) is 16.5. The Labute approximate surface area is 160 Å². The second-order valence-electron chi connectivity index (χ2n) is 6.04. The van der Waals surface area contributed by atoms with E-state index in [9.17, 15) is 4.79 Å². The number of H-pyrrole nitrogens is 1. The minimum Gasteiger partial charge on any atom is -0.496 e. The summed E-state index contributed by atoms with van der Waals surface area (Å²) in [5.74, 6) is 0.787. The molecule has 3 rings (SSSR count). The lowest BCUT2D eigenvalue weighted by atomic mass is 10.1. The number of piperazine rings is 1. The van der Waals surface area contributed by atoms with Crippen molar-refractivity contribution in [3.63, 3.8) is 0 Å². The predicted molar refractivity (Wildman–Crippen MR) is 100 cm³/mol. The number of halogens is 2. The second kappa shape index (κ2) is 7.76. The smallest absolute Gasteiger partial charge is 0.275 e. The summed E-state index contributed by atoms with van der Waals surface area (Å²) >= 11 is 9.52. The van der Waals surface area contributed by atoms with Crippen molar-refractivity contribution in [3.8, 4) is 5.75 Å². The highest BCUT2D eigenvalue weighted by Gasteiger charge is 2.26. The summed E-state index contributed by atoms with van der Waals surface area (Å²) in [5.41, 5.74) is 2.36. The van der Waals surface area contributed by atoms with Crippen LogP contribution in [0.5, 0.6) is 5.75 Å². The predicted octanol–water partition coefficient (Wildman–Crippen LogP) is 3.10. The fraction of sp³-hybridized carbons (Fsp3) is 0.412. The maximum Gasteiger partial charge on any atom is 0.275 e. The number of nitrogens with zero attached hydrogens (tertiary/aromatic N) is 3. The molecule has 0 radical (unpaired) electrons. The lowest BCUT2D eigenvalue weighted by molar-refractivity contribution is 0.0621. The van der Waals surface area contributed by atoms with E-state index < -0.39 is 0 Å². The zero-order chi connectivity index (χ0) is 18.0. The number of aryl methyl sites for hydroxylation is 1. The van der Waals surface area contributed by atoms with E-state index in [2.05, 4.69) is 31.0 Å². The second-order valence-corrected chi connectivity index (χ2v) is 7.27. The van der Waals surface area contributed by atoms with Crippen molar-refractivity contribution >= 4 is 33.4 Å². The first-order valence-electron chi connectivity index (χ1n) is 8.04. The van der Waals surface area contributed by atoms with Gasteiger partial charge in [-0.25, -0.2) is 0 Å². The highest BCUT2D eigenvalue weighted by Crippen LogP contribution is 2.25. The van der Waals surface area contributed by atoms with Crippen LogP contribution in [0.25, 0.3) is 0 Å². The Morgan fingerprint density at radius 3 is 2.68 bits per heavy atom. The van der Waals surface area contributed by atoms with Crippen LogP contribution in [0.15, 0.2) is 22.7 Å². The summed E-state index contributed by atoms with van der Waals surface area (Å²) < 4.78 is 6.15. The number of ether oxygens (including phenoxy) is 1. The van der Waals surface area contributed by atoms with E-state index in [-0.39, 0.29) is 5.91 Å². The van der Waals surface area contributed by atoms with E-state index in [0.29, 0.717) is 23.8 Å². The zero-order valence-electron chi connectivity index (χ0n) is 14.2. The van der Waals surface area contributed by atoms with E-state index in [4.69, 9.17) is 16.3 Å². The van der Waals surface area contributed by atoms with Gasteiger partial charge in [0.25, 0.3) is 5.91 Å². The Morgan fingerprint density at radius 1 is 1.36 bits per heavy atom. The van der Waals surface area contributed by atoms with Gasteiger partial charge in [0.05, 0.1) is 11.6 Å². The summed E-state index contributed by atoms with van der Waals surface area (Å²) in [6.07, 6.45) is 0. The number of hydrogen-bond acceptors (Lipinski definition) is 4. The van der Waals surface area contributed by atoms with Crippen molar-refractivity contribution < 1.29 is 9.53 Å². The maximum atomic E-state index is 12.6. The Bertz CT molecular complexity index is 772. The molecular formula is C17H20BrClN4O2. The monoisotopic (exact) mass is 426 g/mol. The normalized spacial score (nSPS) is 15.4. The first-order valence-corrected chi connectivity index (χ1v) is 9.21. The van der Waals surface area contributed by atoms with Crippen LogP contribution in [0.2, 0.25) is 5.02 Å². The minimum absolute atomic E-state index is 0.0452. The fourth-order valence-corrected chi connectivity index (χ4v) is 3.47. The number of carbonyl (C=O) groups is 1. The summed E-state index contributed by atoms with van der Waals surface area (Å²) in [6, 6.07) is 5.64. The molecule has 1 aromatic heterocycles. The van der Waals surface area contributed by atoms with E-state index in [1.165, 1.54) is 0 Å². The number of aromatic nitrogens is 2. The molecule has 0 bridgehead atoms. The molecule has 1 aliphatic rings. The average Bonchev–Trinajstić information content (AvgIpc) is 2.94. The van der Waals surface area contributed by atoms with Gasteiger partial charge in [0.2, 0.25) is 0 Å². The lowest BCUT2D eigenvalue weighted by Crippen LogP contribution is -2.48. The molecule has 1 amide bonds. The minimum atomic E-state index is -0.0452. The number of nitrogens with one attached hydrogen (secondary N) is 1. The van der Waals surface area contributed by atoms with Gasteiger partial charge in [-0.2, -0.15) is 5.10 Å². The number of methoxy groups -OCH3 is 1. The van der Waals surface area contributed by atoms with Crippen molar-refractivity contribution in [2.75, 3.05) is 33.3 Å². The Balaban J connectivity index is 1.61. The first kappa shape index (κ1) is 18.2. The van der Waals surface area contributed by atoms with Gasteiger partial charge >= 0.3 is 0 Å². The molecule has 25 heavy (non-hydrogen) atoms. The van der Waals surface area contributed by atoms with Crippen LogP contribution >= 0.6 is 27.5 Å². The van der Waals surface area contributed by atoms with E-state index in [1.54, 1.807) is 7.11 Å².